The second-order valence-electron chi connectivity index (χ2n) is 6.71. The van der Waals surface area contributed by atoms with Crippen molar-refractivity contribution in [1.82, 2.24) is 25.0 Å². The van der Waals surface area contributed by atoms with Gasteiger partial charge in [0.1, 0.15) is 17.2 Å². The van der Waals surface area contributed by atoms with Crippen molar-refractivity contribution in [2.75, 3.05) is 19.6 Å². The first-order chi connectivity index (χ1) is 13.0. The number of hydrogen-bond donors (Lipinski definition) is 1. The Balaban J connectivity index is 0.00000225. The van der Waals surface area contributed by atoms with Gasteiger partial charge in [-0.15, -0.1) is 22.6 Å². The molecule has 3 heterocycles. The second kappa shape index (κ2) is 8.04. The van der Waals surface area contributed by atoms with E-state index in [1.165, 1.54) is 4.90 Å². The highest BCUT2D eigenvalue weighted by atomic mass is 35.5. The van der Waals surface area contributed by atoms with Gasteiger partial charge < -0.3 is 14.8 Å². The van der Waals surface area contributed by atoms with E-state index in [1.807, 2.05) is 0 Å². The molecule has 0 aliphatic carbocycles. The Morgan fingerprint density at radius 3 is 2.32 bits per heavy atom. The third kappa shape index (κ3) is 3.46. The van der Waals surface area contributed by atoms with Crippen molar-refractivity contribution < 1.29 is 22.4 Å². The van der Waals surface area contributed by atoms with Crippen molar-refractivity contribution in [3.63, 3.8) is 0 Å². The maximum Gasteiger partial charge on any atom is 0.260 e. The lowest BCUT2D eigenvalue weighted by atomic mass is 9.95. The third-order valence-corrected chi connectivity index (χ3v) is 5.12. The van der Waals surface area contributed by atoms with Crippen molar-refractivity contribution in [1.29, 1.82) is 0 Å². The molecule has 152 valence electrons. The number of benzene rings is 1. The summed E-state index contributed by atoms with van der Waals surface area (Å²) in [5, 5.41) is 11.6. The second-order valence-corrected chi connectivity index (χ2v) is 6.71. The van der Waals surface area contributed by atoms with E-state index in [4.69, 9.17) is 0 Å². The largest absolute Gasteiger partial charge is 0.338 e. The molecule has 1 aromatic heterocycles. The van der Waals surface area contributed by atoms with Gasteiger partial charge in [-0.3, -0.25) is 4.79 Å². The molecular weight excluding hydrogens is 402 g/mol. The van der Waals surface area contributed by atoms with Gasteiger partial charge in [0.15, 0.2) is 23.3 Å². The number of aromatic nitrogens is 3. The molecule has 2 aliphatic rings. The van der Waals surface area contributed by atoms with Crippen LogP contribution in [-0.4, -0.2) is 45.2 Å². The quantitative estimate of drug-likeness (QED) is 0.599. The predicted molar refractivity (Wildman–Crippen MR) is 93.1 cm³/mol. The maximum absolute atomic E-state index is 13.9. The molecule has 0 saturated carbocycles. The van der Waals surface area contributed by atoms with Gasteiger partial charge in [-0.05, 0) is 12.8 Å². The standard InChI is InChI=1S/C17H17F4N5O.ClH/c18-10-7-11(19)15(21)13(14(10)20)17(27)25-4-1-9(2-5-25)16-24-23-12-8-22-3-6-26(12)16;/h7,9,22H,1-6,8H2;1H. The van der Waals surface area contributed by atoms with E-state index in [1.54, 1.807) is 0 Å². The van der Waals surface area contributed by atoms with E-state index in [0.717, 1.165) is 24.7 Å². The van der Waals surface area contributed by atoms with Crippen LogP contribution in [0.4, 0.5) is 17.6 Å². The minimum atomic E-state index is -1.67. The summed E-state index contributed by atoms with van der Waals surface area (Å²) in [5.74, 6) is -5.80. The van der Waals surface area contributed by atoms with Gasteiger partial charge in [0, 0.05) is 38.2 Å². The number of amides is 1. The van der Waals surface area contributed by atoms with Crippen molar-refractivity contribution in [3.05, 3.63) is 46.5 Å². The number of nitrogens with zero attached hydrogens (tertiary/aromatic N) is 4. The summed E-state index contributed by atoms with van der Waals surface area (Å²) in [5.41, 5.74) is -1.18. The molecule has 1 amide bonds. The van der Waals surface area contributed by atoms with Gasteiger partial charge in [0.05, 0.1) is 6.54 Å². The van der Waals surface area contributed by atoms with Crippen LogP contribution in [0.1, 0.15) is 40.8 Å². The number of carbonyl (C=O) groups is 1. The molecule has 0 atom stereocenters. The number of hydrogen-bond acceptors (Lipinski definition) is 4. The lowest BCUT2D eigenvalue weighted by Crippen LogP contribution is -2.39. The van der Waals surface area contributed by atoms with Crippen LogP contribution in [0.15, 0.2) is 6.07 Å². The van der Waals surface area contributed by atoms with E-state index in [-0.39, 0.29) is 37.5 Å². The molecule has 11 heteroatoms. The van der Waals surface area contributed by atoms with E-state index in [9.17, 15) is 22.4 Å². The molecule has 0 spiro atoms. The first kappa shape index (κ1) is 20.5. The minimum absolute atomic E-state index is 0. The van der Waals surface area contributed by atoms with Gasteiger partial charge in [0.25, 0.3) is 5.91 Å². The minimum Gasteiger partial charge on any atom is -0.338 e. The van der Waals surface area contributed by atoms with Crippen molar-refractivity contribution in [2.45, 2.75) is 31.8 Å². The Bertz CT molecular complexity index is 872. The average molecular weight is 420 g/mol. The summed E-state index contributed by atoms with van der Waals surface area (Å²) < 4.78 is 56.6. The molecule has 2 aliphatic heterocycles. The average Bonchev–Trinajstić information content (AvgIpc) is 3.11. The van der Waals surface area contributed by atoms with Crippen LogP contribution in [0.2, 0.25) is 0 Å². The number of carbonyl (C=O) groups excluding carboxylic acids is 1. The molecule has 28 heavy (non-hydrogen) atoms. The first-order valence-electron chi connectivity index (χ1n) is 8.72. The number of likely N-dealkylation sites (tertiary alicyclic amines) is 1. The molecule has 1 saturated heterocycles. The predicted octanol–water partition coefficient (Wildman–Crippen LogP) is 2.38. The molecule has 4 rings (SSSR count). The zero-order valence-electron chi connectivity index (χ0n) is 14.7. The van der Waals surface area contributed by atoms with Crippen molar-refractivity contribution in [2.24, 2.45) is 0 Å². The molecule has 0 bridgehead atoms. The highest BCUT2D eigenvalue weighted by Gasteiger charge is 2.33. The Morgan fingerprint density at radius 2 is 1.68 bits per heavy atom. The highest BCUT2D eigenvalue weighted by molar-refractivity contribution is 5.95. The molecule has 6 nitrogen and oxygen atoms in total. The van der Waals surface area contributed by atoms with Crippen LogP contribution in [-0.2, 0) is 13.1 Å². The Morgan fingerprint density at radius 1 is 1.04 bits per heavy atom. The summed E-state index contributed by atoms with van der Waals surface area (Å²) in [7, 11) is 0. The van der Waals surface area contributed by atoms with Crippen LogP contribution in [0.25, 0.3) is 0 Å². The zero-order chi connectivity index (χ0) is 19.1. The smallest absolute Gasteiger partial charge is 0.260 e. The summed E-state index contributed by atoms with van der Waals surface area (Å²) >= 11 is 0. The molecule has 0 radical (unpaired) electrons. The fourth-order valence-corrected chi connectivity index (χ4v) is 3.68. The van der Waals surface area contributed by atoms with E-state index in [0.29, 0.717) is 19.4 Å². The van der Waals surface area contributed by atoms with Crippen LogP contribution in [0.5, 0.6) is 0 Å². The molecule has 1 fully saturated rings. The molecular formula is C17H18ClF4N5O. The van der Waals surface area contributed by atoms with Crippen LogP contribution in [0, 0.1) is 23.3 Å². The molecule has 1 aromatic carbocycles. The summed E-state index contributed by atoms with van der Waals surface area (Å²) in [6.07, 6.45) is 1.05. The number of piperidine rings is 1. The van der Waals surface area contributed by atoms with E-state index < -0.39 is 34.7 Å². The lowest BCUT2D eigenvalue weighted by molar-refractivity contribution is 0.0697. The van der Waals surface area contributed by atoms with E-state index >= 15 is 0 Å². The van der Waals surface area contributed by atoms with Gasteiger partial charge in [-0.1, -0.05) is 0 Å². The van der Waals surface area contributed by atoms with Crippen molar-refractivity contribution >= 4 is 18.3 Å². The SMILES string of the molecule is Cl.O=C(c1c(F)c(F)cc(F)c1F)N1CCC(c2nnc3n2CCNC3)CC1. The van der Waals surface area contributed by atoms with Crippen LogP contribution in [0.3, 0.4) is 0 Å². The van der Waals surface area contributed by atoms with Crippen LogP contribution >= 0.6 is 12.4 Å². The monoisotopic (exact) mass is 419 g/mol. The fraction of sp³-hybridized carbons (Fsp3) is 0.471. The maximum atomic E-state index is 13.9. The number of nitrogens with one attached hydrogen (secondary N) is 1. The van der Waals surface area contributed by atoms with Crippen molar-refractivity contribution in [3.8, 4) is 0 Å². The number of halogens is 5. The zero-order valence-corrected chi connectivity index (χ0v) is 15.5. The third-order valence-electron chi connectivity index (χ3n) is 5.12. The Labute approximate surface area is 164 Å². The Hall–Kier alpha value is -2.20. The Kier molecular flexibility index (Phi) is 5.90. The lowest BCUT2D eigenvalue weighted by Gasteiger charge is -2.32. The highest BCUT2D eigenvalue weighted by Crippen LogP contribution is 2.29. The van der Waals surface area contributed by atoms with Gasteiger partial charge in [0.2, 0.25) is 0 Å². The van der Waals surface area contributed by atoms with Gasteiger partial charge >= 0.3 is 0 Å². The van der Waals surface area contributed by atoms with E-state index in [2.05, 4.69) is 20.1 Å². The summed E-state index contributed by atoms with van der Waals surface area (Å²) in [4.78, 5) is 13.7. The first-order valence-corrected chi connectivity index (χ1v) is 8.72. The topological polar surface area (TPSA) is 63.1 Å². The van der Waals surface area contributed by atoms with Gasteiger partial charge in [-0.25, -0.2) is 17.6 Å². The molecule has 1 N–H and O–H groups in total. The fourth-order valence-electron chi connectivity index (χ4n) is 3.68. The normalized spacial score (nSPS) is 17.2. The summed E-state index contributed by atoms with van der Waals surface area (Å²) in [6.45, 7) is 2.64. The summed E-state index contributed by atoms with van der Waals surface area (Å²) in [6, 6.07) is 0.0942. The number of rotatable bonds is 2. The van der Waals surface area contributed by atoms with Crippen LogP contribution < -0.4 is 5.32 Å². The van der Waals surface area contributed by atoms with Gasteiger partial charge in [-0.2, -0.15) is 0 Å². The molecule has 2 aromatic rings. The number of fused-ring (bicyclic) bond motifs is 1. The molecule has 0 unspecified atom stereocenters.